The Labute approximate surface area is 116 Å². The fourth-order valence-electron chi connectivity index (χ4n) is 2.62. The Morgan fingerprint density at radius 1 is 1.05 bits per heavy atom. The molecular weight excluding hydrogens is 258 g/mol. The molecule has 3 rings (SSSR count). The van der Waals surface area contributed by atoms with Gasteiger partial charge in [-0.25, -0.2) is 8.78 Å². The zero-order valence-electron chi connectivity index (χ0n) is 11.0. The lowest BCUT2D eigenvalue weighted by Gasteiger charge is -2.31. The average Bonchev–Trinajstić information content (AvgIpc) is 2.82. The Morgan fingerprint density at radius 3 is 2.45 bits per heavy atom. The Kier molecular flexibility index (Phi) is 3.01. The van der Waals surface area contributed by atoms with Gasteiger partial charge >= 0.3 is 0 Å². The summed E-state index contributed by atoms with van der Waals surface area (Å²) in [6.45, 7) is 1.93. The van der Waals surface area contributed by atoms with Crippen LogP contribution >= 0.6 is 0 Å². The van der Waals surface area contributed by atoms with Crippen LogP contribution in [0.25, 0.3) is 0 Å². The summed E-state index contributed by atoms with van der Waals surface area (Å²) >= 11 is 0. The Bertz CT molecular complexity index is 669. The molecular formula is C16H14F2N2. The summed E-state index contributed by atoms with van der Waals surface area (Å²) in [5.41, 5.74) is 0.956. The Morgan fingerprint density at radius 2 is 1.75 bits per heavy atom. The van der Waals surface area contributed by atoms with E-state index in [9.17, 15) is 8.78 Å². The topological polar surface area (TPSA) is 24.4 Å². The zero-order chi connectivity index (χ0) is 14.2. The van der Waals surface area contributed by atoms with E-state index < -0.39 is 5.54 Å². The minimum Gasteiger partial charge on any atom is -0.365 e. The van der Waals surface area contributed by atoms with Crippen molar-refractivity contribution < 1.29 is 8.78 Å². The molecule has 0 spiro atoms. The average molecular weight is 272 g/mol. The fourth-order valence-corrected chi connectivity index (χ4v) is 2.62. The molecule has 20 heavy (non-hydrogen) atoms. The lowest BCUT2D eigenvalue weighted by atomic mass is 9.82. The summed E-state index contributed by atoms with van der Waals surface area (Å²) in [6, 6.07) is 12.4. The second-order valence-electron chi connectivity index (χ2n) is 5.09. The van der Waals surface area contributed by atoms with Crippen LogP contribution in [0.2, 0.25) is 0 Å². The number of rotatable bonds is 2. The molecule has 0 aromatic heterocycles. The van der Waals surface area contributed by atoms with Gasteiger partial charge in [-0.15, -0.1) is 0 Å². The van der Waals surface area contributed by atoms with Gasteiger partial charge in [0.05, 0.1) is 11.9 Å². The molecule has 0 unspecified atom stereocenters. The maximum Gasteiger partial charge on any atom is 0.123 e. The first-order valence-corrected chi connectivity index (χ1v) is 6.40. The highest BCUT2D eigenvalue weighted by Crippen LogP contribution is 2.40. The predicted octanol–water partition coefficient (Wildman–Crippen LogP) is 3.55. The van der Waals surface area contributed by atoms with Gasteiger partial charge in [0.2, 0.25) is 0 Å². The van der Waals surface area contributed by atoms with E-state index in [2.05, 4.69) is 10.3 Å². The summed E-state index contributed by atoms with van der Waals surface area (Å²) in [4.78, 5) is 4.38. The molecule has 102 valence electrons. The molecule has 0 fully saturated rings. The molecule has 1 N–H and O–H groups in total. The van der Waals surface area contributed by atoms with E-state index in [0.29, 0.717) is 0 Å². The van der Waals surface area contributed by atoms with Crippen molar-refractivity contribution in [3.05, 3.63) is 71.3 Å². The van der Waals surface area contributed by atoms with E-state index in [-0.39, 0.29) is 17.7 Å². The summed E-state index contributed by atoms with van der Waals surface area (Å²) in [5, 5.41) is 3.16. The highest BCUT2D eigenvalue weighted by atomic mass is 19.1. The van der Waals surface area contributed by atoms with E-state index in [1.54, 1.807) is 18.5 Å². The summed E-state index contributed by atoms with van der Waals surface area (Å²) in [6.07, 6.45) is 1.60. The first-order chi connectivity index (χ1) is 9.59. The van der Waals surface area contributed by atoms with Crippen LogP contribution in [-0.2, 0) is 5.54 Å². The Hall–Kier alpha value is -2.23. The smallest absolute Gasteiger partial charge is 0.123 e. The molecule has 0 radical (unpaired) electrons. The largest absolute Gasteiger partial charge is 0.365 e. The number of hydrogen-bond acceptors (Lipinski definition) is 2. The third-order valence-corrected chi connectivity index (χ3v) is 3.72. The van der Waals surface area contributed by atoms with Gasteiger partial charge < -0.3 is 5.32 Å². The monoisotopic (exact) mass is 272 g/mol. The molecule has 2 aromatic rings. The predicted molar refractivity (Wildman–Crippen MR) is 74.5 cm³/mol. The van der Waals surface area contributed by atoms with Crippen molar-refractivity contribution in [2.75, 3.05) is 0 Å². The highest BCUT2D eigenvalue weighted by molar-refractivity contribution is 5.62. The van der Waals surface area contributed by atoms with Gasteiger partial charge in [-0.05, 0) is 42.3 Å². The van der Waals surface area contributed by atoms with E-state index in [4.69, 9.17) is 0 Å². The van der Waals surface area contributed by atoms with E-state index in [1.165, 1.54) is 24.3 Å². The van der Waals surface area contributed by atoms with Crippen molar-refractivity contribution in [3.8, 4) is 0 Å². The van der Waals surface area contributed by atoms with Gasteiger partial charge in [0, 0.05) is 0 Å². The second kappa shape index (κ2) is 4.71. The molecule has 1 heterocycles. The van der Waals surface area contributed by atoms with E-state index in [0.717, 1.165) is 11.1 Å². The minimum absolute atomic E-state index is 0.292. The van der Waals surface area contributed by atoms with Gasteiger partial charge in [-0.3, -0.25) is 4.99 Å². The third-order valence-electron chi connectivity index (χ3n) is 3.72. The maximum atomic E-state index is 13.5. The van der Waals surface area contributed by atoms with E-state index >= 15 is 0 Å². The Balaban J connectivity index is 2.05. The molecule has 0 aliphatic carbocycles. The molecule has 1 aliphatic heterocycles. The van der Waals surface area contributed by atoms with Crippen molar-refractivity contribution in [1.29, 1.82) is 0 Å². The number of nitrogens with one attached hydrogen (secondary N) is 1. The quantitative estimate of drug-likeness (QED) is 0.888. The molecule has 4 heteroatoms. The number of benzene rings is 2. The lowest BCUT2D eigenvalue weighted by Crippen LogP contribution is -2.38. The van der Waals surface area contributed by atoms with Crippen molar-refractivity contribution in [2.24, 2.45) is 4.99 Å². The second-order valence-corrected chi connectivity index (χ2v) is 5.09. The molecule has 1 aliphatic rings. The SMILES string of the molecule is C[C@@]1(c2cccc(F)c2)NC=N[C@@H]1c1cccc(F)c1. The number of halogens is 2. The first kappa shape index (κ1) is 12.8. The van der Waals surface area contributed by atoms with Gasteiger partial charge in [0.15, 0.2) is 0 Å². The van der Waals surface area contributed by atoms with Crippen LogP contribution in [0.3, 0.4) is 0 Å². The van der Waals surface area contributed by atoms with Gasteiger partial charge in [0.1, 0.15) is 17.7 Å². The minimum atomic E-state index is -0.587. The van der Waals surface area contributed by atoms with Crippen molar-refractivity contribution >= 4 is 6.34 Å². The van der Waals surface area contributed by atoms with Crippen LogP contribution in [0.15, 0.2) is 53.5 Å². The van der Waals surface area contributed by atoms with Gasteiger partial charge in [-0.2, -0.15) is 0 Å². The number of nitrogens with zero attached hydrogens (tertiary/aromatic N) is 1. The van der Waals surface area contributed by atoms with Gasteiger partial charge in [-0.1, -0.05) is 24.3 Å². The molecule has 0 bridgehead atoms. The molecule has 2 aromatic carbocycles. The molecule has 2 atom stereocenters. The van der Waals surface area contributed by atoms with Crippen LogP contribution in [0, 0.1) is 11.6 Å². The van der Waals surface area contributed by atoms with Crippen LogP contribution in [-0.4, -0.2) is 6.34 Å². The normalized spacial score (nSPS) is 24.6. The standard InChI is InChI=1S/C16H14F2N2/c1-16(12-5-3-7-14(18)9-12)15(19-10-20-16)11-4-2-6-13(17)8-11/h2-10,15H,1H3,(H,19,20)/t15-,16+/m1/s1. The molecule has 0 saturated carbocycles. The fraction of sp³-hybridized carbons (Fsp3) is 0.188. The molecule has 0 saturated heterocycles. The first-order valence-electron chi connectivity index (χ1n) is 6.40. The summed E-state index contributed by atoms with van der Waals surface area (Å²) < 4.78 is 26.9. The van der Waals surface area contributed by atoms with Gasteiger partial charge in [0.25, 0.3) is 0 Å². The van der Waals surface area contributed by atoms with Crippen molar-refractivity contribution in [2.45, 2.75) is 18.5 Å². The zero-order valence-corrected chi connectivity index (χ0v) is 11.0. The third kappa shape index (κ3) is 2.07. The van der Waals surface area contributed by atoms with E-state index in [1.807, 2.05) is 19.1 Å². The van der Waals surface area contributed by atoms with Crippen molar-refractivity contribution in [1.82, 2.24) is 5.32 Å². The number of hydrogen-bond donors (Lipinski definition) is 1. The highest BCUT2D eigenvalue weighted by Gasteiger charge is 2.39. The number of aliphatic imine (C=N–C) groups is 1. The summed E-state index contributed by atoms with van der Waals surface area (Å²) in [5.74, 6) is -0.596. The summed E-state index contributed by atoms with van der Waals surface area (Å²) in [7, 11) is 0. The van der Waals surface area contributed by atoms with Crippen LogP contribution in [0.4, 0.5) is 8.78 Å². The van der Waals surface area contributed by atoms with Crippen LogP contribution < -0.4 is 5.32 Å². The maximum absolute atomic E-state index is 13.5. The lowest BCUT2D eigenvalue weighted by molar-refractivity contribution is 0.384. The van der Waals surface area contributed by atoms with Crippen LogP contribution in [0.1, 0.15) is 24.1 Å². The molecule has 2 nitrogen and oxygen atoms in total. The van der Waals surface area contributed by atoms with Crippen LogP contribution in [0.5, 0.6) is 0 Å². The molecule has 0 amide bonds. The van der Waals surface area contributed by atoms with Crippen molar-refractivity contribution in [3.63, 3.8) is 0 Å².